The van der Waals surface area contributed by atoms with E-state index in [0.717, 1.165) is 62.6 Å². The lowest BCUT2D eigenvalue weighted by molar-refractivity contribution is -0.141. The van der Waals surface area contributed by atoms with Gasteiger partial charge in [0.25, 0.3) is 0 Å². The topological polar surface area (TPSA) is 58.6 Å². The van der Waals surface area contributed by atoms with E-state index in [1.165, 1.54) is 0 Å². The molecule has 28 heavy (non-hydrogen) atoms. The van der Waals surface area contributed by atoms with E-state index in [4.69, 9.17) is 4.74 Å². The van der Waals surface area contributed by atoms with Crippen molar-refractivity contribution in [1.29, 1.82) is 0 Å². The molecule has 0 bridgehead atoms. The maximum Gasteiger partial charge on any atom is 0.222 e. The third-order valence-electron chi connectivity index (χ3n) is 5.97. The summed E-state index contributed by atoms with van der Waals surface area (Å²) < 4.78 is 5.31. The van der Waals surface area contributed by atoms with Crippen LogP contribution in [-0.2, 0) is 17.8 Å². The second kappa shape index (κ2) is 8.69. The lowest BCUT2D eigenvalue weighted by Gasteiger charge is -2.47. The Balaban J connectivity index is 1.37. The van der Waals surface area contributed by atoms with Crippen molar-refractivity contribution >= 4 is 5.91 Å². The number of nitrogens with zero attached hydrogens (tertiary/aromatic N) is 4. The fourth-order valence-electron chi connectivity index (χ4n) is 4.54. The van der Waals surface area contributed by atoms with Gasteiger partial charge in [-0.05, 0) is 37.0 Å². The van der Waals surface area contributed by atoms with Crippen molar-refractivity contribution in [3.8, 4) is 5.75 Å². The molecule has 0 N–H and O–H groups in total. The molecule has 0 aliphatic carbocycles. The minimum atomic E-state index is 0.306. The number of carbonyl (C=O) groups excluding carboxylic acids is 1. The number of fused-ring (bicyclic) bond motifs is 1. The Kier molecular flexibility index (Phi) is 5.86. The fourth-order valence-corrected chi connectivity index (χ4v) is 4.54. The van der Waals surface area contributed by atoms with Crippen molar-refractivity contribution in [3.63, 3.8) is 0 Å². The van der Waals surface area contributed by atoms with E-state index in [-0.39, 0.29) is 0 Å². The number of aromatic nitrogens is 2. The van der Waals surface area contributed by atoms with Crippen LogP contribution >= 0.6 is 0 Å². The molecule has 2 atom stereocenters. The van der Waals surface area contributed by atoms with E-state index in [2.05, 4.69) is 19.8 Å². The zero-order valence-corrected chi connectivity index (χ0v) is 16.5. The number of likely N-dealkylation sites (tertiary alicyclic amines) is 2. The van der Waals surface area contributed by atoms with Crippen LogP contribution in [0.15, 0.2) is 42.7 Å². The largest absolute Gasteiger partial charge is 0.497 e. The standard InChI is InChI=1S/C22H28N4O2/c1-28-20-7-11-24-19(14-20)16-25-12-9-21-17(15-25)5-6-22(27)26(21)13-8-18-4-2-3-10-23-18/h2-4,7,10-11,14,17,21H,5-6,8-9,12-13,15-16H2,1H3/t17-,21+/m0/s1. The maximum atomic E-state index is 12.6. The van der Waals surface area contributed by atoms with Gasteiger partial charge in [-0.15, -0.1) is 0 Å². The van der Waals surface area contributed by atoms with Gasteiger partial charge in [0.1, 0.15) is 5.75 Å². The zero-order chi connectivity index (χ0) is 19.3. The minimum Gasteiger partial charge on any atom is -0.497 e. The molecule has 4 rings (SSSR count). The molecule has 4 heterocycles. The first-order valence-electron chi connectivity index (χ1n) is 10.1. The normalized spacial score (nSPS) is 22.8. The Morgan fingerprint density at radius 1 is 1.14 bits per heavy atom. The lowest BCUT2D eigenvalue weighted by atomic mass is 9.83. The van der Waals surface area contributed by atoms with E-state index >= 15 is 0 Å². The average Bonchev–Trinajstić information content (AvgIpc) is 2.74. The summed E-state index contributed by atoms with van der Waals surface area (Å²) in [6.45, 7) is 3.63. The van der Waals surface area contributed by atoms with E-state index in [9.17, 15) is 4.79 Å². The number of piperidine rings is 2. The zero-order valence-electron chi connectivity index (χ0n) is 16.5. The number of hydrogen-bond donors (Lipinski definition) is 0. The summed E-state index contributed by atoms with van der Waals surface area (Å²) in [5.41, 5.74) is 2.09. The van der Waals surface area contributed by atoms with Gasteiger partial charge in [0.15, 0.2) is 0 Å². The van der Waals surface area contributed by atoms with Crippen molar-refractivity contribution in [2.75, 3.05) is 26.7 Å². The molecule has 0 unspecified atom stereocenters. The van der Waals surface area contributed by atoms with Gasteiger partial charge in [-0.2, -0.15) is 0 Å². The smallest absolute Gasteiger partial charge is 0.222 e. The molecule has 0 saturated carbocycles. The van der Waals surface area contributed by atoms with Crippen LogP contribution in [-0.4, -0.2) is 58.5 Å². The van der Waals surface area contributed by atoms with Gasteiger partial charge in [0, 0.05) is 69.2 Å². The van der Waals surface area contributed by atoms with E-state index in [1.54, 1.807) is 13.3 Å². The highest BCUT2D eigenvalue weighted by molar-refractivity contribution is 5.77. The quantitative estimate of drug-likeness (QED) is 0.771. The molecule has 2 fully saturated rings. The van der Waals surface area contributed by atoms with Crippen LogP contribution in [0.5, 0.6) is 5.75 Å². The van der Waals surface area contributed by atoms with Crippen molar-refractivity contribution < 1.29 is 9.53 Å². The molecular formula is C22H28N4O2. The molecule has 2 aromatic heterocycles. The summed E-state index contributed by atoms with van der Waals surface area (Å²) in [6.07, 6.45) is 7.14. The predicted molar refractivity (Wildman–Crippen MR) is 107 cm³/mol. The first-order valence-corrected chi connectivity index (χ1v) is 10.1. The van der Waals surface area contributed by atoms with Gasteiger partial charge in [-0.25, -0.2) is 0 Å². The Labute approximate surface area is 166 Å². The van der Waals surface area contributed by atoms with Crippen molar-refractivity contribution in [3.05, 3.63) is 54.1 Å². The van der Waals surface area contributed by atoms with E-state index in [1.807, 2.05) is 36.5 Å². The molecule has 0 radical (unpaired) electrons. The third-order valence-corrected chi connectivity index (χ3v) is 5.97. The second-order valence-electron chi connectivity index (χ2n) is 7.74. The average molecular weight is 380 g/mol. The van der Waals surface area contributed by atoms with Crippen LogP contribution in [0, 0.1) is 5.92 Å². The summed E-state index contributed by atoms with van der Waals surface area (Å²) in [4.78, 5) is 26.1. The van der Waals surface area contributed by atoms with Crippen LogP contribution in [0.25, 0.3) is 0 Å². The van der Waals surface area contributed by atoms with Gasteiger partial charge < -0.3 is 9.64 Å². The monoisotopic (exact) mass is 380 g/mol. The third kappa shape index (κ3) is 4.33. The number of amides is 1. The predicted octanol–water partition coefficient (Wildman–Crippen LogP) is 2.54. The molecule has 0 spiro atoms. The molecular weight excluding hydrogens is 352 g/mol. The number of methoxy groups -OCH3 is 1. The molecule has 6 nitrogen and oxygen atoms in total. The van der Waals surface area contributed by atoms with Crippen LogP contribution in [0.2, 0.25) is 0 Å². The van der Waals surface area contributed by atoms with Gasteiger partial charge in [-0.3, -0.25) is 19.7 Å². The Hall–Kier alpha value is -2.47. The van der Waals surface area contributed by atoms with Gasteiger partial charge in [-0.1, -0.05) is 6.07 Å². The highest BCUT2D eigenvalue weighted by Gasteiger charge is 2.39. The molecule has 1 amide bonds. The maximum absolute atomic E-state index is 12.6. The molecule has 2 saturated heterocycles. The first-order chi connectivity index (χ1) is 13.7. The van der Waals surface area contributed by atoms with E-state index < -0.39 is 0 Å². The lowest BCUT2D eigenvalue weighted by Crippen LogP contribution is -2.56. The van der Waals surface area contributed by atoms with Crippen LogP contribution < -0.4 is 4.74 Å². The molecule has 2 aliphatic rings. The fraction of sp³-hybridized carbons (Fsp3) is 0.500. The minimum absolute atomic E-state index is 0.306. The molecule has 148 valence electrons. The number of ether oxygens (including phenoxy) is 1. The summed E-state index contributed by atoms with van der Waals surface area (Å²) in [6, 6.07) is 10.2. The first kappa shape index (κ1) is 18.9. The van der Waals surface area contributed by atoms with Gasteiger partial charge >= 0.3 is 0 Å². The summed E-state index contributed by atoms with van der Waals surface area (Å²) in [7, 11) is 1.68. The number of rotatable bonds is 6. The van der Waals surface area contributed by atoms with E-state index in [0.29, 0.717) is 24.3 Å². The van der Waals surface area contributed by atoms with Crippen LogP contribution in [0.4, 0.5) is 0 Å². The van der Waals surface area contributed by atoms with Gasteiger partial charge in [0.2, 0.25) is 5.91 Å². The number of hydrogen-bond acceptors (Lipinski definition) is 5. The van der Waals surface area contributed by atoms with Crippen molar-refractivity contribution in [1.82, 2.24) is 19.8 Å². The van der Waals surface area contributed by atoms with Crippen molar-refractivity contribution in [2.24, 2.45) is 5.92 Å². The molecule has 2 aromatic rings. The van der Waals surface area contributed by atoms with Gasteiger partial charge in [0.05, 0.1) is 12.8 Å². The summed E-state index contributed by atoms with van der Waals surface area (Å²) in [5.74, 6) is 1.70. The van der Waals surface area contributed by atoms with Crippen LogP contribution in [0.3, 0.4) is 0 Å². The van der Waals surface area contributed by atoms with Crippen molar-refractivity contribution in [2.45, 2.75) is 38.3 Å². The number of carbonyl (C=O) groups is 1. The number of pyridine rings is 2. The highest BCUT2D eigenvalue weighted by atomic mass is 16.5. The second-order valence-corrected chi connectivity index (χ2v) is 7.74. The molecule has 0 aromatic carbocycles. The Bertz CT molecular complexity index is 798. The van der Waals surface area contributed by atoms with Crippen LogP contribution in [0.1, 0.15) is 30.7 Å². The Morgan fingerprint density at radius 2 is 2.04 bits per heavy atom. The molecule has 6 heteroatoms. The Morgan fingerprint density at radius 3 is 2.86 bits per heavy atom. The summed E-state index contributed by atoms with van der Waals surface area (Å²) >= 11 is 0. The molecule has 2 aliphatic heterocycles. The highest BCUT2D eigenvalue weighted by Crippen LogP contribution is 2.32. The summed E-state index contributed by atoms with van der Waals surface area (Å²) in [5, 5.41) is 0. The SMILES string of the molecule is COc1ccnc(CN2CC[C@@H]3[C@@H](CCC(=O)N3CCc3ccccn3)C2)c1.